The molecule has 1 atom stereocenters. The first kappa shape index (κ1) is 12.9. The summed E-state index contributed by atoms with van der Waals surface area (Å²) in [7, 11) is 0. The van der Waals surface area contributed by atoms with E-state index in [0.717, 1.165) is 5.56 Å². The van der Waals surface area contributed by atoms with Gasteiger partial charge < -0.3 is 5.11 Å². The van der Waals surface area contributed by atoms with Crippen LogP contribution in [0.25, 0.3) is 0 Å². The molecule has 1 unspecified atom stereocenters. The van der Waals surface area contributed by atoms with Gasteiger partial charge in [-0.3, -0.25) is 4.79 Å². The smallest absolute Gasteiger partial charge is 0.171 e. The fourth-order valence-electron chi connectivity index (χ4n) is 1.84. The van der Waals surface area contributed by atoms with Crippen LogP contribution in [-0.4, -0.2) is 17.0 Å². The molecule has 0 bridgehead atoms. The van der Waals surface area contributed by atoms with E-state index in [0.29, 0.717) is 12.0 Å². The van der Waals surface area contributed by atoms with Crippen LogP contribution in [-0.2, 0) is 0 Å². The standard InChI is InChI=1S/C14H20O2/c1-5-12(15)14(3,4)13(16)11-9-7-6-8-10(11)2/h6-9,12,15H,5H2,1-4H3. The predicted molar refractivity (Wildman–Crippen MR) is 65.6 cm³/mol. The fraction of sp³-hybridized carbons (Fsp3) is 0.500. The Kier molecular flexibility index (Phi) is 3.87. The first-order chi connectivity index (χ1) is 7.41. The average molecular weight is 220 g/mol. The maximum atomic E-state index is 12.3. The van der Waals surface area contributed by atoms with E-state index in [1.54, 1.807) is 13.8 Å². The van der Waals surface area contributed by atoms with Crippen molar-refractivity contribution in [2.24, 2.45) is 5.41 Å². The zero-order valence-corrected chi connectivity index (χ0v) is 10.4. The molecule has 16 heavy (non-hydrogen) atoms. The quantitative estimate of drug-likeness (QED) is 0.792. The molecule has 0 aromatic heterocycles. The first-order valence-corrected chi connectivity index (χ1v) is 5.69. The molecule has 1 aromatic carbocycles. The Labute approximate surface area is 97.3 Å². The van der Waals surface area contributed by atoms with Crippen LogP contribution in [0.15, 0.2) is 24.3 Å². The molecule has 0 amide bonds. The monoisotopic (exact) mass is 220 g/mol. The maximum absolute atomic E-state index is 12.3. The number of hydrogen-bond donors (Lipinski definition) is 1. The minimum atomic E-state index is -0.721. The van der Waals surface area contributed by atoms with E-state index in [9.17, 15) is 9.90 Å². The fourth-order valence-corrected chi connectivity index (χ4v) is 1.84. The highest BCUT2D eigenvalue weighted by Crippen LogP contribution is 2.29. The molecule has 0 heterocycles. The van der Waals surface area contributed by atoms with Crippen LogP contribution in [0.4, 0.5) is 0 Å². The third kappa shape index (κ3) is 2.33. The molecule has 0 saturated heterocycles. The summed E-state index contributed by atoms with van der Waals surface area (Å²) >= 11 is 0. The molecule has 0 spiro atoms. The van der Waals surface area contributed by atoms with Gasteiger partial charge in [-0.05, 0) is 18.9 Å². The van der Waals surface area contributed by atoms with E-state index < -0.39 is 11.5 Å². The van der Waals surface area contributed by atoms with Crippen molar-refractivity contribution in [2.75, 3.05) is 0 Å². The topological polar surface area (TPSA) is 37.3 Å². The Morgan fingerprint density at radius 3 is 2.44 bits per heavy atom. The van der Waals surface area contributed by atoms with E-state index in [1.807, 2.05) is 38.1 Å². The molecule has 0 aliphatic rings. The molecule has 0 fully saturated rings. The molecule has 0 saturated carbocycles. The Balaban J connectivity index is 3.07. The number of aliphatic hydroxyl groups excluding tert-OH is 1. The SMILES string of the molecule is CCC(O)C(C)(C)C(=O)c1ccccc1C. The van der Waals surface area contributed by atoms with Gasteiger partial charge in [-0.15, -0.1) is 0 Å². The molecule has 1 aromatic rings. The highest BCUT2D eigenvalue weighted by atomic mass is 16.3. The van der Waals surface area contributed by atoms with Crippen LogP contribution < -0.4 is 0 Å². The lowest BCUT2D eigenvalue weighted by Gasteiger charge is -2.28. The second-order valence-corrected chi connectivity index (χ2v) is 4.79. The van der Waals surface area contributed by atoms with E-state index in [-0.39, 0.29) is 5.78 Å². The molecule has 2 heteroatoms. The van der Waals surface area contributed by atoms with Gasteiger partial charge in [-0.1, -0.05) is 45.0 Å². The van der Waals surface area contributed by atoms with Crippen molar-refractivity contribution in [1.29, 1.82) is 0 Å². The van der Waals surface area contributed by atoms with Gasteiger partial charge in [0.2, 0.25) is 0 Å². The van der Waals surface area contributed by atoms with Gasteiger partial charge in [0.25, 0.3) is 0 Å². The van der Waals surface area contributed by atoms with Crippen LogP contribution in [0.3, 0.4) is 0 Å². The van der Waals surface area contributed by atoms with Crippen LogP contribution in [0.1, 0.15) is 43.1 Å². The number of carbonyl (C=O) groups excluding carboxylic acids is 1. The van der Waals surface area contributed by atoms with Crippen molar-refractivity contribution in [3.05, 3.63) is 35.4 Å². The number of benzene rings is 1. The van der Waals surface area contributed by atoms with Crippen LogP contribution in [0.2, 0.25) is 0 Å². The number of carbonyl (C=O) groups is 1. The molecule has 0 aliphatic heterocycles. The predicted octanol–water partition coefficient (Wildman–Crippen LogP) is 2.97. The Morgan fingerprint density at radius 2 is 1.94 bits per heavy atom. The largest absolute Gasteiger partial charge is 0.392 e. The second kappa shape index (κ2) is 4.79. The third-order valence-corrected chi connectivity index (χ3v) is 3.19. The van der Waals surface area contributed by atoms with Gasteiger partial charge in [0.05, 0.1) is 11.5 Å². The summed E-state index contributed by atoms with van der Waals surface area (Å²) in [6.07, 6.45) is -0.00967. The summed E-state index contributed by atoms with van der Waals surface area (Å²) in [5.74, 6) is 0.0138. The van der Waals surface area contributed by atoms with Crippen LogP contribution in [0.5, 0.6) is 0 Å². The number of aryl methyl sites for hydroxylation is 1. The van der Waals surface area contributed by atoms with Crippen molar-refractivity contribution in [3.8, 4) is 0 Å². The van der Waals surface area contributed by atoms with Gasteiger partial charge in [0.15, 0.2) is 5.78 Å². The van der Waals surface area contributed by atoms with E-state index in [4.69, 9.17) is 0 Å². The number of hydrogen-bond acceptors (Lipinski definition) is 2. The summed E-state index contributed by atoms with van der Waals surface area (Å²) in [5, 5.41) is 9.89. The van der Waals surface area contributed by atoms with E-state index in [1.165, 1.54) is 0 Å². The Morgan fingerprint density at radius 1 is 1.38 bits per heavy atom. The lowest BCUT2D eigenvalue weighted by atomic mass is 9.77. The molecular formula is C14H20O2. The molecule has 0 aliphatic carbocycles. The van der Waals surface area contributed by atoms with Gasteiger partial charge in [-0.2, -0.15) is 0 Å². The normalized spacial score (nSPS) is 13.6. The molecular weight excluding hydrogens is 200 g/mol. The maximum Gasteiger partial charge on any atom is 0.171 e. The minimum Gasteiger partial charge on any atom is -0.392 e. The first-order valence-electron chi connectivity index (χ1n) is 5.69. The summed E-state index contributed by atoms with van der Waals surface area (Å²) in [6.45, 7) is 7.41. The van der Waals surface area contributed by atoms with E-state index in [2.05, 4.69) is 0 Å². The minimum absolute atomic E-state index is 0.0138. The van der Waals surface area contributed by atoms with Gasteiger partial charge in [0.1, 0.15) is 0 Å². The van der Waals surface area contributed by atoms with Crippen LogP contribution in [0, 0.1) is 12.3 Å². The van der Waals surface area contributed by atoms with Crippen LogP contribution >= 0.6 is 0 Å². The highest BCUT2D eigenvalue weighted by Gasteiger charge is 2.35. The summed E-state index contributed by atoms with van der Waals surface area (Å²) in [4.78, 5) is 12.3. The highest BCUT2D eigenvalue weighted by molar-refractivity contribution is 6.01. The van der Waals surface area contributed by atoms with Crippen molar-refractivity contribution in [2.45, 2.75) is 40.2 Å². The third-order valence-electron chi connectivity index (χ3n) is 3.19. The average Bonchev–Trinajstić information content (AvgIpc) is 2.27. The van der Waals surface area contributed by atoms with Crippen molar-refractivity contribution >= 4 is 5.78 Å². The number of aliphatic hydroxyl groups is 1. The zero-order valence-electron chi connectivity index (χ0n) is 10.4. The lowest BCUT2D eigenvalue weighted by Crippen LogP contribution is -2.37. The number of rotatable bonds is 4. The Hall–Kier alpha value is -1.15. The van der Waals surface area contributed by atoms with Crippen molar-refractivity contribution in [3.63, 3.8) is 0 Å². The number of ketones is 1. The zero-order chi connectivity index (χ0) is 12.3. The summed E-state index contributed by atoms with van der Waals surface area (Å²) in [5.41, 5.74) is 0.949. The molecule has 1 N–H and O–H groups in total. The van der Waals surface area contributed by atoms with Crippen molar-refractivity contribution in [1.82, 2.24) is 0 Å². The van der Waals surface area contributed by atoms with Gasteiger partial charge >= 0.3 is 0 Å². The molecule has 1 rings (SSSR count). The molecule has 88 valence electrons. The lowest BCUT2D eigenvalue weighted by molar-refractivity contribution is 0.0379. The van der Waals surface area contributed by atoms with Gasteiger partial charge in [0, 0.05) is 5.56 Å². The summed E-state index contributed by atoms with van der Waals surface area (Å²) in [6, 6.07) is 7.51. The molecule has 0 radical (unpaired) electrons. The molecule has 2 nitrogen and oxygen atoms in total. The van der Waals surface area contributed by atoms with Gasteiger partial charge in [-0.25, -0.2) is 0 Å². The van der Waals surface area contributed by atoms with Crippen molar-refractivity contribution < 1.29 is 9.90 Å². The van der Waals surface area contributed by atoms with E-state index >= 15 is 0 Å². The summed E-state index contributed by atoms with van der Waals surface area (Å²) < 4.78 is 0. The second-order valence-electron chi connectivity index (χ2n) is 4.79. The number of Topliss-reactive ketones (excluding diaryl/α,β-unsaturated/α-hetero) is 1. The Bertz CT molecular complexity index is 380.